The molecule has 0 spiro atoms. The Morgan fingerprint density at radius 3 is 2.62 bits per heavy atom. The van der Waals surface area contributed by atoms with Crippen LogP contribution in [0.2, 0.25) is 0 Å². The van der Waals surface area contributed by atoms with Crippen molar-refractivity contribution in [2.75, 3.05) is 7.11 Å². The van der Waals surface area contributed by atoms with Gasteiger partial charge >= 0.3 is 11.9 Å². The van der Waals surface area contributed by atoms with E-state index in [1.54, 1.807) is 12.1 Å². The normalized spacial score (nSPS) is 13.7. The fourth-order valence-corrected chi connectivity index (χ4v) is 1.88. The SMILES string of the molecule is COC(=O)c1cccc(C=CCC(C)C(C)OC(C)=O)c1. The Balaban J connectivity index is 2.61. The van der Waals surface area contributed by atoms with Gasteiger partial charge in [-0.1, -0.05) is 31.2 Å². The second-order valence-electron chi connectivity index (χ2n) is 5.05. The van der Waals surface area contributed by atoms with Crippen LogP contribution in [0.15, 0.2) is 30.3 Å². The molecule has 4 nitrogen and oxygen atoms in total. The molecular formula is C17H22O4. The van der Waals surface area contributed by atoms with Crippen molar-refractivity contribution in [1.82, 2.24) is 0 Å². The van der Waals surface area contributed by atoms with Crippen LogP contribution < -0.4 is 0 Å². The number of carbonyl (C=O) groups is 2. The van der Waals surface area contributed by atoms with Gasteiger partial charge < -0.3 is 9.47 Å². The molecule has 0 aromatic heterocycles. The molecule has 0 radical (unpaired) electrons. The number of rotatable bonds is 6. The molecule has 114 valence electrons. The maximum absolute atomic E-state index is 11.4. The van der Waals surface area contributed by atoms with Gasteiger partial charge in [0.25, 0.3) is 0 Å². The molecule has 0 N–H and O–H groups in total. The van der Waals surface area contributed by atoms with Crippen molar-refractivity contribution >= 4 is 18.0 Å². The molecule has 1 aromatic carbocycles. The lowest BCUT2D eigenvalue weighted by Crippen LogP contribution is -2.20. The Hall–Kier alpha value is -2.10. The number of hydrogen-bond donors (Lipinski definition) is 0. The summed E-state index contributed by atoms with van der Waals surface area (Å²) in [7, 11) is 1.36. The first-order chi connectivity index (χ1) is 9.93. The highest BCUT2D eigenvalue weighted by Gasteiger charge is 2.13. The van der Waals surface area contributed by atoms with Crippen LogP contribution in [0.25, 0.3) is 6.08 Å². The fraction of sp³-hybridized carbons (Fsp3) is 0.412. The third kappa shape index (κ3) is 5.81. The van der Waals surface area contributed by atoms with E-state index in [9.17, 15) is 9.59 Å². The first-order valence-corrected chi connectivity index (χ1v) is 6.96. The van der Waals surface area contributed by atoms with Crippen LogP contribution in [0.5, 0.6) is 0 Å². The highest BCUT2D eigenvalue weighted by molar-refractivity contribution is 5.89. The van der Waals surface area contributed by atoms with E-state index in [0.29, 0.717) is 5.56 Å². The number of esters is 2. The number of ether oxygens (including phenoxy) is 2. The number of benzene rings is 1. The van der Waals surface area contributed by atoms with E-state index in [4.69, 9.17) is 9.47 Å². The van der Waals surface area contributed by atoms with Crippen molar-refractivity contribution in [3.63, 3.8) is 0 Å². The summed E-state index contributed by atoms with van der Waals surface area (Å²) in [4.78, 5) is 22.3. The van der Waals surface area contributed by atoms with E-state index in [2.05, 4.69) is 0 Å². The summed E-state index contributed by atoms with van der Waals surface area (Å²) < 4.78 is 9.84. The zero-order chi connectivity index (χ0) is 15.8. The predicted octanol–water partition coefficient (Wildman–Crippen LogP) is 3.46. The van der Waals surface area contributed by atoms with E-state index < -0.39 is 0 Å². The first-order valence-electron chi connectivity index (χ1n) is 6.96. The van der Waals surface area contributed by atoms with Crippen molar-refractivity contribution < 1.29 is 19.1 Å². The van der Waals surface area contributed by atoms with Crippen LogP contribution in [-0.4, -0.2) is 25.2 Å². The minimum absolute atomic E-state index is 0.117. The third-order valence-electron chi connectivity index (χ3n) is 3.28. The predicted molar refractivity (Wildman–Crippen MR) is 81.8 cm³/mol. The number of methoxy groups -OCH3 is 1. The van der Waals surface area contributed by atoms with Crippen LogP contribution in [0.4, 0.5) is 0 Å². The molecule has 0 amide bonds. The van der Waals surface area contributed by atoms with Crippen LogP contribution in [0.3, 0.4) is 0 Å². The molecule has 0 aliphatic rings. The maximum Gasteiger partial charge on any atom is 0.337 e. The van der Waals surface area contributed by atoms with Crippen molar-refractivity contribution in [2.24, 2.45) is 5.92 Å². The highest BCUT2D eigenvalue weighted by atomic mass is 16.5. The monoisotopic (exact) mass is 290 g/mol. The van der Waals surface area contributed by atoms with Gasteiger partial charge in [-0.05, 0) is 37.0 Å². The molecule has 0 heterocycles. The summed E-state index contributed by atoms with van der Waals surface area (Å²) >= 11 is 0. The Labute approximate surface area is 125 Å². The Bertz CT molecular complexity index is 519. The van der Waals surface area contributed by atoms with Gasteiger partial charge in [-0.2, -0.15) is 0 Å². The standard InChI is InChI=1S/C17H22O4/c1-12(13(2)21-14(3)18)7-5-8-15-9-6-10-16(11-15)17(19)20-4/h5-6,8-13H,7H2,1-4H3. The fourth-order valence-electron chi connectivity index (χ4n) is 1.88. The molecule has 0 fully saturated rings. The first kappa shape index (κ1) is 17.0. The lowest BCUT2D eigenvalue weighted by molar-refractivity contribution is -0.147. The average molecular weight is 290 g/mol. The lowest BCUT2D eigenvalue weighted by Gasteiger charge is -2.18. The lowest BCUT2D eigenvalue weighted by atomic mass is 10.0. The van der Waals surface area contributed by atoms with Crippen molar-refractivity contribution in [3.8, 4) is 0 Å². The van der Waals surface area contributed by atoms with Crippen LogP contribution in [0, 0.1) is 5.92 Å². The molecule has 2 atom stereocenters. The molecule has 0 bridgehead atoms. The molecule has 4 heteroatoms. The number of hydrogen-bond acceptors (Lipinski definition) is 4. The summed E-state index contributed by atoms with van der Waals surface area (Å²) in [5.41, 5.74) is 1.46. The molecule has 0 aliphatic heterocycles. The van der Waals surface area contributed by atoms with E-state index >= 15 is 0 Å². The molecule has 1 aromatic rings. The van der Waals surface area contributed by atoms with E-state index in [0.717, 1.165) is 12.0 Å². The van der Waals surface area contributed by atoms with Gasteiger partial charge in [0.15, 0.2) is 0 Å². The van der Waals surface area contributed by atoms with Gasteiger partial charge in [0.2, 0.25) is 0 Å². The minimum atomic E-state index is -0.345. The molecule has 0 saturated heterocycles. The van der Waals surface area contributed by atoms with Crippen LogP contribution in [-0.2, 0) is 14.3 Å². The van der Waals surface area contributed by atoms with Gasteiger partial charge in [-0.3, -0.25) is 4.79 Å². The maximum atomic E-state index is 11.4. The summed E-state index contributed by atoms with van der Waals surface area (Å²) in [6, 6.07) is 7.23. The van der Waals surface area contributed by atoms with Gasteiger partial charge in [-0.15, -0.1) is 0 Å². The minimum Gasteiger partial charge on any atom is -0.465 e. The largest absolute Gasteiger partial charge is 0.465 e. The van der Waals surface area contributed by atoms with Crippen molar-refractivity contribution in [2.45, 2.75) is 33.3 Å². The van der Waals surface area contributed by atoms with Crippen LogP contribution in [0.1, 0.15) is 43.1 Å². The molecule has 1 rings (SSSR count). The Kier molecular flexibility index (Phi) is 6.66. The second kappa shape index (κ2) is 8.25. The molecule has 21 heavy (non-hydrogen) atoms. The molecule has 0 aliphatic carbocycles. The van der Waals surface area contributed by atoms with Crippen molar-refractivity contribution in [1.29, 1.82) is 0 Å². The quantitative estimate of drug-likeness (QED) is 0.753. The zero-order valence-corrected chi connectivity index (χ0v) is 13.0. The summed E-state index contributed by atoms with van der Waals surface area (Å²) in [5.74, 6) is -0.375. The van der Waals surface area contributed by atoms with E-state index in [1.807, 2.05) is 38.1 Å². The summed E-state index contributed by atoms with van der Waals surface area (Å²) in [6.07, 6.45) is 4.63. The zero-order valence-electron chi connectivity index (χ0n) is 13.0. The second-order valence-corrected chi connectivity index (χ2v) is 5.05. The van der Waals surface area contributed by atoms with Gasteiger partial charge in [0, 0.05) is 6.92 Å². The summed E-state index contributed by atoms with van der Waals surface area (Å²) in [5, 5.41) is 0. The Morgan fingerprint density at radius 2 is 2.00 bits per heavy atom. The topological polar surface area (TPSA) is 52.6 Å². The Morgan fingerprint density at radius 1 is 1.29 bits per heavy atom. The van der Waals surface area contributed by atoms with Crippen molar-refractivity contribution in [3.05, 3.63) is 41.5 Å². The smallest absolute Gasteiger partial charge is 0.337 e. The number of allylic oxidation sites excluding steroid dienone is 1. The summed E-state index contributed by atoms with van der Waals surface area (Å²) in [6.45, 7) is 5.33. The highest BCUT2D eigenvalue weighted by Crippen LogP contribution is 2.14. The third-order valence-corrected chi connectivity index (χ3v) is 3.28. The van der Waals surface area contributed by atoms with Crippen LogP contribution >= 0.6 is 0 Å². The molecular weight excluding hydrogens is 268 g/mol. The molecule has 0 saturated carbocycles. The van der Waals surface area contributed by atoms with Gasteiger partial charge in [0.1, 0.15) is 6.10 Å². The van der Waals surface area contributed by atoms with Gasteiger partial charge in [0.05, 0.1) is 12.7 Å². The molecule has 2 unspecified atom stereocenters. The van der Waals surface area contributed by atoms with E-state index in [1.165, 1.54) is 14.0 Å². The van der Waals surface area contributed by atoms with Gasteiger partial charge in [-0.25, -0.2) is 4.79 Å². The number of carbonyl (C=O) groups excluding carboxylic acids is 2. The average Bonchev–Trinajstić information content (AvgIpc) is 2.45. The van der Waals surface area contributed by atoms with E-state index in [-0.39, 0.29) is 24.0 Å².